The van der Waals surface area contributed by atoms with E-state index in [1.165, 1.54) is 24.5 Å². The molecule has 31 heavy (non-hydrogen) atoms. The van der Waals surface area contributed by atoms with E-state index in [0.717, 1.165) is 0 Å². The number of hydrogen-bond donors (Lipinski definition) is 0. The molecule has 4 aromatic rings. The monoisotopic (exact) mass is 424 g/mol. The van der Waals surface area contributed by atoms with E-state index in [9.17, 15) is 19.2 Å². The molecule has 0 spiro atoms. The largest absolute Gasteiger partial charge is 0.331 e. The summed E-state index contributed by atoms with van der Waals surface area (Å²) in [7, 11) is 3.29. The lowest BCUT2D eigenvalue weighted by Gasteiger charge is -2.12. The molecule has 0 atom stereocenters. The second-order valence-corrected chi connectivity index (χ2v) is 7.27. The van der Waals surface area contributed by atoms with Crippen molar-refractivity contribution in [1.29, 1.82) is 0 Å². The van der Waals surface area contributed by atoms with Crippen LogP contribution in [0.5, 0.6) is 0 Å². The van der Waals surface area contributed by atoms with E-state index in [4.69, 9.17) is 0 Å². The summed E-state index contributed by atoms with van der Waals surface area (Å²) < 4.78 is 5.32. The highest BCUT2D eigenvalue weighted by Crippen LogP contribution is 2.05. The van der Waals surface area contributed by atoms with Crippen LogP contribution in [0.2, 0.25) is 0 Å². The summed E-state index contributed by atoms with van der Waals surface area (Å²) in [6, 6.07) is 4.92. The summed E-state index contributed by atoms with van der Waals surface area (Å²) >= 11 is 0. The van der Waals surface area contributed by atoms with Gasteiger partial charge in [0.25, 0.3) is 11.1 Å². The minimum atomic E-state index is -0.325. The molecule has 162 valence electrons. The van der Waals surface area contributed by atoms with Gasteiger partial charge in [-0.05, 0) is 39.0 Å². The predicted molar refractivity (Wildman–Crippen MR) is 119 cm³/mol. The molecular formula is C21H24N6O4. The molecule has 0 aliphatic rings. The van der Waals surface area contributed by atoms with Crippen molar-refractivity contribution in [3.05, 3.63) is 78.5 Å². The lowest BCUT2D eigenvalue weighted by Crippen LogP contribution is -2.40. The average Bonchev–Trinajstić information content (AvgIpc) is 2.77. The normalized spacial score (nSPS) is 11.0. The Balaban J connectivity index is 0.000000176. The van der Waals surface area contributed by atoms with Gasteiger partial charge in [-0.25, -0.2) is 14.6 Å². The highest BCUT2D eigenvalue weighted by atomic mass is 16.2. The smallest absolute Gasteiger partial charge is 0.296 e. The molecule has 4 rings (SSSR count). The van der Waals surface area contributed by atoms with Crippen LogP contribution in [0.1, 0.15) is 26.8 Å². The Hall–Kier alpha value is -3.82. The minimum absolute atomic E-state index is 0.169. The van der Waals surface area contributed by atoms with Gasteiger partial charge in [0.15, 0.2) is 5.52 Å². The molecule has 0 aliphatic carbocycles. The first-order chi connectivity index (χ1) is 14.7. The highest BCUT2D eigenvalue weighted by molar-refractivity contribution is 5.76. The van der Waals surface area contributed by atoms with Gasteiger partial charge in [-0.15, -0.1) is 0 Å². The summed E-state index contributed by atoms with van der Waals surface area (Å²) in [5.74, 6) is 0. The van der Waals surface area contributed by atoms with Crippen LogP contribution in [-0.4, -0.2) is 28.2 Å². The number of rotatable bonds is 2. The van der Waals surface area contributed by atoms with E-state index < -0.39 is 0 Å². The molecule has 0 aromatic carbocycles. The van der Waals surface area contributed by atoms with Gasteiger partial charge in [0.2, 0.25) is 0 Å². The molecule has 4 heterocycles. The quantitative estimate of drug-likeness (QED) is 0.470. The average molecular weight is 424 g/mol. The van der Waals surface area contributed by atoms with Crippen molar-refractivity contribution < 1.29 is 0 Å². The van der Waals surface area contributed by atoms with Crippen LogP contribution in [0.15, 0.2) is 56.0 Å². The standard InChI is InChI=1S/C11H13N3O2.C10H11N3O2/c1-7(2)14-10(15)9-8(5-4-6-12-9)13(3)11(14)16;1-3-13-9(14)7-6-11-5-4-8(7)12(2)10(13)15/h4-7H,1-3H3;4-6H,3H2,1-2H3. The number of aryl methyl sites for hydroxylation is 2. The zero-order chi connectivity index (χ0) is 22.9. The van der Waals surface area contributed by atoms with Crippen LogP contribution in [0.3, 0.4) is 0 Å². The number of nitrogens with zero attached hydrogens (tertiary/aromatic N) is 6. The van der Waals surface area contributed by atoms with Crippen molar-refractivity contribution in [2.75, 3.05) is 0 Å². The molecule has 4 aromatic heterocycles. The van der Waals surface area contributed by atoms with E-state index >= 15 is 0 Å². The molecule has 0 radical (unpaired) electrons. The van der Waals surface area contributed by atoms with Gasteiger partial charge in [0.1, 0.15) is 0 Å². The van der Waals surface area contributed by atoms with Gasteiger partial charge < -0.3 is 0 Å². The van der Waals surface area contributed by atoms with Gasteiger partial charge >= 0.3 is 11.4 Å². The van der Waals surface area contributed by atoms with Crippen molar-refractivity contribution in [1.82, 2.24) is 28.2 Å². The van der Waals surface area contributed by atoms with Crippen molar-refractivity contribution in [3.63, 3.8) is 0 Å². The first-order valence-corrected chi connectivity index (χ1v) is 9.80. The predicted octanol–water partition coefficient (Wildman–Crippen LogP) is 0.791. The van der Waals surface area contributed by atoms with Crippen LogP contribution in [0.25, 0.3) is 21.9 Å². The van der Waals surface area contributed by atoms with Crippen LogP contribution in [-0.2, 0) is 20.6 Å². The molecule has 0 N–H and O–H groups in total. The zero-order valence-electron chi connectivity index (χ0n) is 18.1. The molecule has 0 fully saturated rings. The fourth-order valence-electron chi connectivity index (χ4n) is 3.39. The van der Waals surface area contributed by atoms with Crippen LogP contribution >= 0.6 is 0 Å². The summed E-state index contributed by atoms with van der Waals surface area (Å²) in [5, 5.41) is 0.474. The Bertz CT molecular complexity index is 1510. The molecule has 0 saturated heterocycles. The Morgan fingerprint density at radius 3 is 2.23 bits per heavy atom. The number of fused-ring (bicyclic) bond motifs is 2. The van der Waals surface area contributed by atoms with Crippen LogP contribution in [0.4, 0.5) is 0 Å². The lowest BCUT2D eigenvalue weighted by atomic mass is 10.3. The van der Waals surface area contributed by atoms with Gasteiger partial charge in [-0.3, -0.25) is 32.8 Å². The maximum atomic E-state index is 12.0. The van der Waals surface area contributed by atoms with Crippen LogP contribution in [0, 0.1) is 0 Å². The summed E-state index contributed by atoms with van der Waals surface area (Å²) in [6.45, 7) is 5.75. The first-order valence-electron chi connectivity index (χ1n) is 9.80. The van der Waals surface area contributed by atoms with E-state index in [1.807, 2.05) is 0 Å². The highest BCUT2D eigenvalue weighted by Gasteiger charge is 2.13. The number of aromatic nitrogens is 6. The van der Waals surface area contributed by atoms with Crippen LogP contribution < -0.4 is 22.5 Å². The third kappa shape index (κ3) is 3.72. The zero-order valence-corrected chi connectivity index (χ0v) is 18.1. The third-order valence-corrected chi connectivity index (χ3v) is 5.05. The maximum absolute atomic E-state index is 12.0. The summed E-state index contributed by atoms with van der Waals surface area (Å²) in [6.07, 6.45) is 4.61. The van der Waals surface area contributed by atoms with Crippen molar-refractivity contribution in [2.45, 2.75) is 33.4 Å². The second kappa shape index (κ2) is 8.50. The van der Waals surface area contributed by atoms with E-state index in [2.05, 4.69) is 9.97 Å². The van der Waals surface area contributed by atoms with E-state index in [0.29, 0.717) is 28.5 Å². The first kappa shape index (κ1) is 21.9. The Morgan fingerprint density at radius 2 is 1.58 bits per heavy atom. The van der Waals surface area contributed by atoms with Crippen molar-refractivity contribution >= 4 is 21.9 Å². The Kier molecular flexibility index (Phi) is 6.00. The fourth-order valence-corrected chi connectivity index (χ4v) is 3.39. The Labute approximate surface area is 176 Å². The van der Waals surface area contributed by atoms with Gasteiger partial charge in [0, 0.05) is 45.3 Å². The molecule has 0 aliphatic heterocycles. The fraction of sp³-hybridized carbons (Fsp3) is 0.333. The maximum Gasteiger partial charge on any atom is 0.331 e. The lowest BCUT2D eigenvalue weighted by molar-refractivity contribution is 0.531. The summed E-state index contributed by atoms with van der Waals surface area (Å²) in [5.41, 5.74) is 0.316. The van der Waals surface area contributed by atoms with Crippen molar-refractivity contribution in [2.24, 2.45) is 14.1 Å². The molecular weight excluding hydrogens is 400 g/mol. The second-order valence-electron chi connectivity index (χ2n) is 7.27. The number of pyridine rings is 2. The van der Waals surface area contributed by atoms with Crippen molar-refractivity contribution in [3.8, 4) is 0 Å². The Morgan fingerprint density at radius 1 is 0.903 bits per heavy atom. The molecule has 0 unspecified atom stereocenters. The SMILES string of the molecule is CC(C)n1c(=O)c2ncccc2n(C)c1=O.CCn1c(=O)c2cnccc2n(C)c1=O. The molecule has 0 amide bonds. The molecule has 0 saturated carbocycles. The van der Waals surface area contributed by atoms with Gasteiger partial charge in [-0.1, -0.05) is 0 Å². The number of hydrogen-bond acceptors (Lipinski definition) is 6. The molecule has 0 bridgehead atoms. The summed E-state index contributed by atoms with van der Waals surface area (Å²) in [4.78, 5) is 55.5. The third-order valence-electron chi connectivity index (χ3n) is 5.05. The molecule has 10 nitrogen and oxygen atoms in total. The van der Waals surface area contributed by atoms with Gasteiger partial charge in [-0.2, -0.15) is 0 Å². The molecule has 10 heteroatoms. The topological polar surface area (TPSA) is 114 Å². The van der Waals surface area contributed by atoms with E-state index in [-0.39, 0.29) is 28.5 Å². The minimum Gasteiger partial charge on any atom is -0.296 e. The van der Waals surface area contributed by atoms with Gasteiger partial charge in [0.05, 0.1) is 16.4 Å². The van der Waals surface area contributed by atoms with E-state index in [1.54, 1.807) is 65.5 Å².